The Bertz CT molecular complexity index is 246. The third kappa shape index (κ3) is 4.81. The van der Waals surface area contributed by atoms with E-state index in [1.807, 2.05) is 13.8 Å². The lowest BCUT2D eigenvalue weighted by atomic mass is 10.0. The lowest BCUT2D eigenvalue weighted by Crippen LogP contribution is -2.41. The van der Waals surface area contributed by atoms with E-state index in [1.54, 1.807) is 0 Å². The number of carbonyl (C=O) groups is 2. The van der Waals surface area contributed by atoms with Crippen LogP contribution in [0.25, 0.3) is 0 Å². The number of hydrogen-bond acceptors (Lipinski definition) is 2. The van der Waals surface area contributed by atoms with Crippen molar-refractivity contribution in [3.8, 4) is 0 Å². The maximum atomic E-state index is 11.4. The van der Waals surface area contributed by atoms with Gasteiger partial charge in [-0.3, -0.25) is 4.79 Å². The second-order valence-electron chi connectivity index (χ2n) is 4.74. The van der Waals surface area contributed by atoms with Gasteiger partial charge < -0.3 is 10.4 Å². The molecule has 2 N–H and O–H groups in total. The van der Waals surface area contributed by atoms with Gasteiger partial charge in [0.1, 0.15) is 6.04 Å². The quantitative estimate of drug-likeness (QED) is 0.701. The second kappa shape index (κ2) is 5.14. The Morgan fingerprint density at radius 1 is 1.40 bits per heavy atom. The molecule has 0 bridgehead atoms. The molecule has 15 heavy (non-hydrogen) atoms. The van der Waals surface area contributed by atoms with Crippen molar-refractivity contribution < 1.29 is 14.7 Å². The molecule has 0 radical (unpaired) electrons. The zero-order valence-corrected chi connectivity index (χ0v) is 9.32. The van der Waals surface area contributed by atoms with Crippen LogP contribution in [0.1, 0.15) is 39.5 Å². The molecule has 1 saturated carbocycles. The summed E-state index contributed by atoms with van der Waals surface area (Å²) >= 11 is 0. The molecule has 86 valence electrons. The Balaban J connectivity index is 2.34. The van der Waals surface area contributed by atoms with Crippen molar-refractivity contribution >= 4 is 11.9 Å². The first-order valence-electron chi connectivity index (χ1n) is 5.51. The number of rotatable bonds is 6. The highest BCUT2D eigenvalue weighted by Gasteiger charge is 2.27. The Kier molecular flexibility index (Phi) is 4.12. The lowest BCUT2D eigenvalue weighted by molar-refractivity contribution is -0.142. The van der Waals surface area contributed by atoms with E-state index in [9.17, 15) is 9.59 Å². The molecule has 1 aliphatic rings. The third-order valence-electron chi connectivity index (χ3n) is 2.51. The Hall–Kier alpha value is -1.06. The van der Waals surface area contributed by atoms with Gasteiger partial charge in [-0.05, 0) is 31.1 Å². The molecule has 0 heterocycles. The van der Waals surface area contributed by atoms with Crippen molar-refractivity contribution in [2.75, 3.05) is 0 Å². The van der Waals surface area contributed by atoms with Gasteiger partial charge in [0.15, 0.2) is 0 Å². The van der Waals surface area contributed by atoms with E-state index < -0.39 is 12.0 Å². The summed E-state index contributed by atoms with van der Waals surface area (Å²) in [7, 11) is 0. The molecule has 0 aromatic heterocycles. The van der Waals surface area contributed by atoms with E-state index in [1.165, 1.54) is 0 Å². The highest BCUT2D eigenvalue weighted by Crippen LogP contribution is 2.32. The maximum absolute atomic E-state index is 11.4. The molecule has 0 aliphatic heterocycles. The first-order chi connectivity index (χ1) is 6.99. The predicted molar refractivity (Wildman–Crippen MR) is 56.4 cm³/mol. The summed E-state index contributed by atoms with van der Waals surface area (Å²) in [6, 6.07) is -0.726. The van der Waals surface area contributed by atoms with Gasteiger partial charge in [-0.1, -0.05) is 13.8 Å². The molecule has 4 nitrogen and oxygen atoms in total. The minimum absolute atomic E-state index is 0.120. The van der Waals surface area contributed by atoms with Crippen LogP contribution >= 0.6 is 0 Å². The van der Waals surface area contributed by atoms with Crippen LogP contribution in [0.3, 0.4) is 0 Å². The normalized spacial score (nSPS) is 17.5. The average molecular weight is 213 g/mol. The van der Waals surface area contributed by atoms with Crippen LogP contribution in [0.5, 0.6) is 0 Å². The lowest BCUT2D eigenvalue weighted by Gasteiger charge is -2.16. The molecule has 0 spiro atoms. The van der Waals surface area contributed by atoms with Crippen LogP contribution in [0, 0.1) is 11.8 Å². The van der Waals surface area contributed by atoms with Gasteiger partial charge >= 0.3 is 5.97 Å². The fourth-order valence-corrected chi connectivity index (χ4v) is 1.53. The number of carbonyl (C=O) groups excluding carboxylic acids is 1. The highest BCUT2D eigenvalue weighted by molar-refractivity contribution is 5.83. The van der Waals surface area contributed by atoms with Gasteiger partial charge in [0.2, 0.25) is 5.91 Å². The molecular weight excluding hydrogens is 194 g/mol. The highest BCUT2D eigenvalue weighted by atomic mass is 16.4. The number of aliphatic carboxylic acids is 1. The minimum Gasteiger partial charge on any atom is -0.480 e. The van der Waals surface area contributed by atoms with Gasteiger partial charge in [-0.2, -0.15) is 0 Å². The number of nitrogens with one attached hydrogen (secondary N) is 1. The van der Waals surface area contributed by atoms with E-state index in [4.69, 9.17) is 5.11 Å². The molecule has 1 fully saturated rings. The Labute approximate surface area is 90.0 Å². The smallest absolute Gasteiger partial charge is 0.326 e. The van der Waals surface area contributed by atoms with Crippen molar-refractivity contribution in [3.05, 3.63) is 0 Å². The van der Waals surface area contributed by atoms with E-state index in [2.05, 4.69) is 5.32 Å². The Morgan fingerprint density at radius 3 is 2.40 bits per heavy atom. The molecule has 1 amide bonds. The standard InChI is InChI=1S/C11H19NO3/c1-7(2)5-9(11(14)15)12-10(13)6-8-3-4-8/h7-9H,3-6H2,1-2H3,(H,12,13)(H,14,15)/t9-/m0/s1. The van der Waals surface area contributed by atoms with Crippen molar-refractivity contribution in [2.45, 2.75) is 45.6 Å². The molecular formula is C11H19NO3. The van der Waals surface area contributed by atoms with Gasteiger partial charge in [0, 0.05) is 6.42 Å². The average Bonchev–Trinajstić information content (AvgIpc) is 2.85. The summed E-state index contributed by atoms with van der Waals surface area (Å²) < 4.78 is 0. The van der Waals surface area contributed by atoms with Crippen molar-refractivity contribution in [3.63, 3.8) is 0 Å². The van der Waals surface area contributed by atoms with Crippen LogP contribution in [-0.4, -0.2) is 23.0 Å². The van der Waals surface area contributed by atoms with Crippen molar-refractivity contribution in [1.29, 1.82) is 0 Å². The zero-order valence-electron chi connectivity index (χ0n) is 9.32. The SMILES string of the molecule is CC(C)C[C@H](NC(=O)CC1CC1)C(=O)O. The molecule has 4 heteroatoms. The number of hydrogen-bond donors (Lipinski definition) is 2. The first kappa shape index (κ1) is 12.0. The predicted octanol–water partition coefficient (Wildman–Crippen LogP) is 1.40. The number of carboxylic acids is 1. The third-order valence-corrected chi connectivity index (χ3v) is 2.51. The summed E-state index contributed by atoms with van der Waals surface area (Å²) in [6.45, 7) is 3.89. The molecule has 1 rings (SSSR count). The largest absolute Gasteiger partial charge is 0.480 e. The van der Waals surface area contributed by atoms with Gasteiger partial charge in [0.25, 0.3) is 0 Å². The molecule has 1 atom stereocenters. The number of amides is 1. The van der Waals surface area contributed by atoms with Crippen molar-refractivity contribution in [2.24, 2.45) is 11.8 Å². The first-order valence-corrected chi connectivity index (χ1v) is 5.51. The molecule has 1 aliphatic carbocycles. The van der Waals surface area contributed by atoms with Gasteiger partial charge in [0.05, 0.1) is 0 Å². The van der Waals surface area contributed by atoms with Crippen LogP contribution in [0.4, 0.5) is 0 Å². The van der Waals surface area contributed by atoms with Gasteiger partial charge in [-0.15, -0.1) is 0 Å². The van der Waals surface area contributed by atoms with Crippen LogP contribution in [0.2, 0.25) is 0 Å². The zero-order chi connectivity index (χ0) is 11.4. The van der Waals surface area contributed by atoms with Crippen LogP contribution in [0.15, 0.2) is 0 Å². The molecule has 0 aromatic carbocycles. The summed E-state index contributed by atoms with van der Waals surface area (Å²) in [4.78, 5) is 22.3. The monoisotopic (exact) mass is 213 g/mol. The summed E-state index contributed by atoms with van der Waals surface area (Å²) in [5, 5.41) is 11.5. The molecule has 0 aromatic rings. The topological polar surface area (TPSA) is 66.4 Å². The number of carboxylic acid groups (broad SMARTS) is 1. The Morgan fingerprint density at radius 2 is 2.00 bits per heavy atom. The molecule has 0 unspecified atom stereocenters. The maximum Gasteiger partial charge on any atom is 0.326 e. The van der Waals surface area contributed by atoms with Crippen LogP contribution < -0.4 is 5.32 Å². The minimum atomic E-state index is -0.937. The summed E-state index contributed by atoms with van der Waals surface area (Å²) in [6.07, 6.45) is 3.19. The van der Waals surface area contributed by atoms with E-state index in [0.717, 1.165) is 12.8 Å². The van der Waals surface area contributed by atoms with E-state index in [-0.39, 0.29) is 11.8 Å². The summed E-state index contributed by atoms with van der Waals surface area (Å²) in [5.74, 6) is -0.288. The van der Waals surface area contributed by atoms with Crippen LogP contribution in [-0.2, 0) is 9.59 Å². The summed E-state index contributed by atoms with van der Waals surface area (Å²) in [5.41, 5.74) is 0. The fourth-order valence-electron chi connectivity index (χ4n) is 1.53. The second-order valence-corrected chi connectivity index (χ2v) is 4.74. The van der Waals surface area contributed by atoms with E-state index >= 15 is 0 Å². The fraction of sp³-hybridized carbons (Fsp3) is 0.818. The van der Waals surface area contributed by atoms with Crippen molar-refractivity contribution in [1.82, 2.24) is 5.32 Å². The van der Waals surface area contributed by atoms with E-state index in [0.29, 0.717) is 18.8 Å². The molecule has 0 saturated heterocycles. The van der Waals surface area contributed by atoms with Gasteiger partial charge in [-0.25, -0.2) is 4.79 Å².